The largest absolute Gasteiger partial charge is 0.352 e. The Labute approximate surface area is 238 Å². The maximum atomic E-state index is 14.1. The number of nitrogens with one attached hydrogen (secondary N) is 1. The Kier molecular flexibility index (Phi) is 10.8. The molecule has 3 rings (SSSR count). The predicted octanol–water partition coefficient (Wildman–Crippen LogP) is 4.83. The molecule has 0 heterocycles. The molecular weight excluding hydrogens is 536 g/mol. The molecule has 1 unspecified atom stereocenters. The van der Waals surface area contributed by atoms with Gasteiger partial charge in [0.2, 0.25) is 11.8 Å². The van der Waals surface area contributed by atoms with Crippen LogP contribution in [0.5, 0.6) is 0 Å². The number of benzene rings is 2. The van der Waals surface area contributed by atoms with Crippen molar-refractivity contribution in [2.75, 3.05) is 24.9 Å². The Morgan fingerprint density at radius 1 is 1.03 bits per heavy atom. The summed E-state index contributed by atoms with van der Waals surface area (Å²) >= 11 is 6.08. The van der Waals surface area contributed by atoms with E-state index in [1.54, 1.807) is 18.2 Å². The number of hydrogen-bond donors (Lipinski definition) is 1. The van der Waals surface area contributed by atoms with Crippen molar-refractivity contribution < 1.29 is 18.0 Å². The van der Waals surface area contributed by atoms with Gasteiger partial charge >= 0.3 is 10.2 Å². The molecule has 0 saturated heterocycles. The van der Waals surface area contributed by atoms with Gasteiger partial charge in [0.1, 0.15) is 12.6 Å². The van der Waals surface area contributed by atoms with E-state index in [9.17, 15) is 18.0 Å². The molecule has 1 N–H and O–H groups in total. The molecule has 2 aromatic rings. The molecule has 0 radical (unpaired) electrons. The van der Waals surface area contributed by atoms with Crippen LogP contribution in [0.4, 0.5) is 5.69 Å². The molecule has 39 heavy (non-hydrogen) atoms. The number of carbonyl (C=O) groups excluding carboxylic acids is 2. The summed E-state index contributed by atoms with van der Waals surface area (Å²) < 4.78 is 29.2. The average molecular weight is 577 g/mol. The molecule has 2 amide bonds. The fraction of sp³-hybridized carbons (Fsp3) is 0.517. The van der Waals surface area contributed by atoms with Crippen LogP contribution < -0.4 is 9.62 Å². The highest BCUT2D eigenvalue weighted by Crippen LogP contribution is 2.26. The van der Waals surface area contributed by atoms with Crippen molar-refractivity contribution in [3.8, 4) is 0 Å². The number of anilines is 1. The fourth-order valence-electron chi connectivity index (χ4n) is 4.94. The van der Waals surface area contributed by atoms with Crippen LogP contribution in [0.1, 0.15) is 62.1 Å². The third kappa shape index (κ3) is 7.96. The highest BCUT2D eigenvalue weighted by atomic mass is 35.5. The van der Waals surface area contributed by atoms with E-state index in [2.05, 4.69) is 5.32 Å². The Balaban J connectivity index is 1.99. The summed E-state index contributed by atoms with van der Waals surface area (Å²) in [5.74, 6) is -0.664. The molecule has 0 spiro atoms. The zero-order valence-electron chi connectivity index (χ0n) is 23.6. The fourth-order valence-corrected chi connectivity index (χ4v) is 6.18. The number of carbonyl (C=O) groups is 2. The highest BCUT2D eigenvalue weighted by Gasteiger charge is 2.35. The van der Waals surface area contributed by atoms with E-state index in [0.29, 0.717) is 17.1 Å². The zero-order valence-corrected chi connectivity index (χ0v) is 25.2. The van der Waals surface area contributed by atoms with Gasteiger partial charge in [-0.15, -0.1) is 0 Å². The topological polar surface area (TPSA) is 90.0 Å². The minimum Gasteiger partial charge on any atom is -0.352 e. The van der Waals surface area contributed by atoms with Gasteiger partial charge in [0, 0.05) is 31.7 Å². The quantitative estimate of drug-likeness (QED) is 0.415. The highest BCUT2D eigenvalue weighted by molar-refractivity contribution is 7.90. The number of halogens is 1. The first-order valence-corrected chi connectivity index (χ1v) is 15.3. The third-order valence-corrected chi connectivity index (χ3v) is 9.31. The SMILES string of the molecule is CCC(C(=O)NC1CCCCC1)N(Cc1ccc(Cl)cc1)C(=O)CN(c1cc(C)ccc1C)S(=O)(=O)N(C)C. The molecule has 0 bridgehead atoms. The zero-order chi connectivity index (χ0) is 28.7. The maximum absolute atomic E-state index is 14.1. The van der Waals surface area contributed by atoms with Crippen LogP contribution in [0.2, 0.25) is 5.02 Å². The van der Waals surface area contributed by atoms with Crippen molar-refractivity contribution in [1.82, 2.24) is 14.5 Å². The lowest BCUT2D eigenvalue weighted by molar-refractivity contribution is -0.140. The van der Waals surface area contributed by atoms with Crippen molar-refractivity contribution in [2.24, 2.45) is 0 Å². The number of amides is 2. The van der Waals surface area contributed by atoms with Crippen LogP contribution in [0, 0.1) is 13.8 Å². The molecule has 1 fully saturated rings. The number of rotatable bonds is 11. The van der Waals surface area contributed by atoms with Gasteiger partial charge in [-0.05, 0) is 68.0 Å². The van der Waals surface area contributed by atoms with E-state index in [-0.39, 0.29) is 18.5 Å². The molecule has 1 saturated carbocycles. The van der Waals surface area contributed by atoms with E-state index in [0.717, 1.165) is 51.0 Å². The molecule has 1 aliphatic carbocycles. The molecule has 1 aliphatic rings. The second-order valence-electron chi connectivity index (χ2n) is 10.5. The van der Waals surface area contributed by atoms with E-state index in [1.165, 1.54) is 25.4 Å². The summed E-state index contributed by atoms with van der Waals surface area (Å²) in [6.07, 6.45) is 5.55. The van der Waals surface area contributed by atoms with E-state index < -0.39 is 28.7 Å². The van der Waals surface area contributed by atoms with E-state index in [1.807, 2.05) is 45.0 Å². The van der Waals surface area contributed by atoms with Crippen LogP contribution in [0.25, 0.3) is 0 Å². The van der Waals surface area contributed by atoms with Gasteiger partial charge in [-0.1, -0.05) is 62.1 Å². The number of nitrogens with zero attached hydrogens (tertiary/aromatic N) is 3. The Bertz CT molecular complexity index is 1240. The van der Waals surface area contributed by atoms with Crippen molar-refractivity contribution in [2.45, 2.75) is 77.9 Å². The third-order valence-electron chi connectivity index (χ3n) is 7.26. The normalized spacial score (nSPS) is 15.2. The molecule has 1 atom stereocenters. The lowest BCUT2D eigenvalue weighted by Crippen LogP contribution is -2.54. The van der Waals surface area contributed by atoms with Crippen LogP contribution >= 0.6 is 11.6 Å². The first-order chi connectivity index (χ1) is 18.4. The lowest BCUT2D eigenvalue weighted by Gasteiger charge is -2.35. The van der Waals surface area contributed by atoms with Crippen molar-refractivity contribution >= 4 is 39.3 Å². The molecule has 2 aromatic carbocycles. The van der Waals surface area contributed by atoms with Crippen LogP contribution in [-0.4, -0.2) is 62.2 Å². The molecule has 0 aliphatic heterocycles. The summed E-state index contributed by atoms with van der Waals surface area (Å²) in [4.78, 5) is 29.1. The predicted molar refractivity (Wildman–Crippen MR) is 157 cm³/mol. The summed E-state index contributed by atoms with van der Waals surface area (Å²) in [5, 5.41) is 3.72. The Morgan fingerprint density at radius 3 is 2.26 bits per heavy atom. The second-order valence-corrected chi connectivity index (χ2v) is 13.0. The standard InChI is InChI=1S/C29H41ClN4O4S/c1-6-26(29(36)31-25-10-8-7-9-11-25)33(19-23-14-16-24(30)17-15-23)28(35)20-34(39(37,38)32(4)5)27-18-21(2)12-13-22(27)3/h12-18,25-26H,6-11,19-20H2,1-5H3,(H,31,36). The van der Waals surface area contributed by atoms with Gasteiger partial charge in [0.25, 0.3) is 0 Å². The lowest BCUT2D eigenvalue weighted by atomic mass is 9.95. The van der Waals surface area contributed by atoms with Crippen molar-refractivity contribution in [3.63, 3.8) is 0 Å². The summed E-state index contributed by atoms with van der Waals surface area (Å²) in [7, 11) is -1.13. The maximum Gasteiger partial charge on any atom is 0.304 e. The summed E-state index contributed by atoms with van der Waals surface area (Å²) in [6, 6.07) is 11.9. The molecule has 0 aromatic heterocycles. The molecule has 10 heteroatoms. The van der Waals surface area contributed by atoms with Gasteiger partial charge in [-0.25, -0.2) is 4.31 Å². The van der Waals surface area contributed by atoms with Gasteiger partial charge < -0.3 is 10.2 Å². The molecule has 214 valence electrons. The van der Waals surface area contributed by atoms with Crippen molar-refractivity contribution in [1.29, 1.82) is 0 Å². The van der Waals surface area contributed by atoms with Crippen LogP contribution in [0.3, 0.4) is 0 Å². The smallest absolute Gasteiger partial charge is 0.304 e. The van der Waals surface area contributed by atoms with Gasteiger partial charge in [-0.3, -0.25) is 9.59 Å². The first-order valence-electron chi connectivity index (χ1n) is 13.6. The van der Waals surface area contributed by atoms with Gasteiger partial charge in [-0.2, -0.15) is 12.7 Å². The second kappa shape index (κ2) is 13.6. The minimum absolute atomic E-state index is 0.0911. The first kappa shape index (κ1) is 30.9. The molecular formula is C29H41ClN4O4S. The number of aryl methyl sites for hydroxylation is 2. The summed E-state index contributed by atoms with van der Waals surface area (Å²) in [6.45, 7) is 5.27. The van der Waals surface area contributed by atoms with Crippen LogP contribution in [-0.2, 0) is 26.3 Å². The van der Waals surface area contributed by atoms with Gasteiger partial charge in [0.05, 0.1) is 5.69 Å². The van der Waals surface area contributed by atoms with Crippen LogP contribution in [0.15, 0.2) is 42.5 Å². The molecule has 8 nitrogen and oxygen atoms in total. The monoisotopic (exact) mass is 576 g/mol. The Morgan fingerprint density at radius 2 is 1.67 bits per heavy atom. The summed E-state index contributed by atoms with van der Waals surface area (Å²) in [5.41, 5.74) is 2.83. The Hall–Kier alpha value is -2.62. The average Bonchev–Trinajstić information content (AvgIpc) is 2.90. The van der Waals surface area contributed by atoms with Gasteiger partial charge in [0.15, 0.2) is 0 Å². The number of hydrogen-bond acceptors (Lipinski definition) is 4. The van der Waals surface area contributed by atoms with E-state index >= 15 is 0 Å². The van der Waals surface area contributed by atoms with Crippen molar-refractivity contribution in [3.05, 3.63) is 64.2 Å². The van der Waals surface area contributed by atoms with E-state index in [4.69, 9.17) is 11.6 Å². The minimum atomic E-state index is -4.01.